The second kappa shape index (κ2) is 11.6. The van der Waals surface area contributed by atoms with E-state index in [0.717, 1.165) is 17.9 Å². The molecule has 1 aromatic rings. The van der Waals surface area contributed by atoms with Crippen LogP contribution in [0.2, 0.25) is 24.7 Å². The Hall–Kier alpha value is -0.963. The average molecular weight is 433 g/mol. The van der Waals surface area contributed by atoms with Gasteiger partial charge in [-0.25, -0.2) is 0 Å². The third kappa shape index (κ3) is 7.32. The van der Waals surface area contributed by atoms with Crippen LogP contribution in [-0.2, 0) is 0 Å². The summed E-state index contributed by atoms with van der Waals surface area (Å²) in [6, 6.07) is 12.5. The monoisotopic (exact) mass is 432 g/mol. The number of unbranched alkanes of at least 4 members (excludes halogenated alkanes) is 2. The van der Waals surface area contributed by atoms with E-state index in [4.69, 9.17) is 0 Å². The van der Waals surface area contributed by atoms with Crippen molar-refractivity contribution >= 4 is 14.1 Å². The summed E-state index contributed by atoms with van der Waals surface area (Å²) in [6.07, 6.45) is 14.8. The van der Waals surface area contributed by atoms with E-state index >= 15 is 0 Å². The number of halogens is 2. The summed E-state index contributed by atoms with van der Waals surface area (Å²) < 4.78 is 24.8. The molecule has 0 amide bonds. The van der Waals surface area contributed by atoms with E-state index in [1.54, 1.807) is 18.1 Å². The van der Waals surface area contributed by atoms with Crippen molar-refractivity contribution < 1.29 is 8.78 Å². The molecule has 1 aromatic carbocycles. The zero-order valence-electron chi connectivity index (χ0n) is 19.3. The van der Waals surface area contributed by atoms with Crippen LogP contribution in [0.1, 0.15) is 94.6 Å². The molecule has 1 heterocycles. The third-order valence-electron chi connectivity index (χ3n) is 8.21. The Balaban J connectivity index is 1.35. The van der Waals surface area contributed by atoms with E-state index in [-0.39, 0.29) is 0 Å². The minimum atomic E-state index is -1.62. The molecule has 3 heteroatoms. The van der Waals surface area contributed by atoms with Gasteiger partial charge in [-0.3, -0.25) is 0 Å². The highest BCUT2D eigenvalue weighted by Crippen LogP contribution is 2.41. The van der Waals surface area contributed by atoms with E-state index in [2.05, 4.69) is 25.6 Å². The van der Waals surface area contributed by atoms with Crippen molar-refractivity contribution in [2.45, 2.75) is 108 Å². The lowest BCUT2D eigenvalue weighted by atomic mass is 9.76. The third-order valence-corrected chi connectivity index (χ3v) is 12.8. The van der Waals surface area contributed by atoms with Gasteiger partial charge in [0, 0.05) is 6.08 Å². The summed E-state index contributed by atoms with van der Waals surface area (Å²) in [5, 5.41) is 0. The molecule has 0 bridgehead atoms. The minimum absolute atomic E-state index is 0.601. The molecule has 0 atom stereocenters. The summed E-state index contributed by atoms with van der Waals surface area (Å²) in [4.78, 5) is 0. The highest BCUT2D eigenvalue weighted by Gasteiger charge is 2.32. The molecule has 0 N–H and O–H groups in total. The van der Waals surface area contributed by atoms with E-state index < -0.39 is 14.2 Å². The van der Waals surface area contributed by atoms with Gasteiger partial charge in [0.25, 0.3) is 6.08 Å². The van der Waals surface area contributed by atoms with Crippen LogP contribution in [0.25, 0.3) is 6.08 Å². The highest BCUT2D eigenvalue weighted by molar-refractivity contribution is 6.78. The number of benzene rings is 1. The van der Waals surface area contributed by atoms with Crippen molar-refractivity contribution in [2.75, 3.05) is 0 Å². The molecule has 1 saturated heterocycles. The van der Waals surface area contributed by atoms with Gasteiger partial charge in [0.05, 0.1) is 8.07 Å². The Bertz CT molecular complexity index is 646. The quantitative estimate of drug-likeness (QED) is 0.269. The maximum absolute atomic E-state index is 12.4. The van der Waals surface area contributed by atoms with Crippen molar-refractivity contribution in [3.8, 4) is 0 Å². The van der Waals surface area contributed by atoms with Crippen molar-refractivity contribution in [1.29, 1.82) is 0 Å². The second-order valence-electron chi connectivity index (χ2n) is 10.6. The maximum Gasteiger partial charge on any atom is 0.270 e. The van der Waals surface area contributed by atoms with E-state index in [1.807, 2.05) is 12.1 Å². The lowest BCUT2D eigenvalue weighted by Crippen LogP contribution is -2.34. The first-order valence-electron chi connectivity index (χ1n) is 12.6. The summed E-state index contributed by atoms with van der Waals surface area (Å²) >= 11 is 0. The predicted molar refractivity (Wildman–Crippen MR) is 129 cm³/mol. The Morgan fingerprint density at radius 1 is 0.900 bits per heavy atom. The average Bonchev–Trinajstić information content (AvgIpc) is 2.74. The first-order chi connectivity index (χ1) is 14.5. The number of hydrogen-bond acceptors (Lipinski definition) is 0. The summed E-state index contributed by atoms with van der Waals surface area (Å²) in [5.74, 6) is 2.55. The van der Waals surface area contributed by atoms with Gasteiger partial charge < -0.3 is 0 Å². The zero-order chi connectivity index (χ0) is 21.4. The summed E-state index contributed by atoms with van der Waals surface area (Å²) in [6.45, 7) is 5.00. The first-order valence-corrected chi connectivity index (χ1v) is 15.7. The smallest absolute Gasteiger partial charge is 0.173 e. The largest absolute Gasteiger partial charge is 0.270 e. The van der Waals surface area contributed by atoms with E-state index in [1.165, 1.54) is 76.2 Å². The molecule has 2 aliphatic rings. The molecular formula is C27H42F2Si. The van der Waals surface area contributed by atoms with Crippen LogP contribution < -0.4 is 0 Å². The van der Waals surface area contributed by atoms with Crippen LogP contribution in [0.3, 0.4) is 0 Å². The standard InChI is InChI=1S/C27H42F2Si/c1-3-4-5-18-30(2)19-16-23(17-20-30)7-6-22-8-12-25(13-9-22)26-14-10-24(11-15-26)21-27(28)29/h10-11,14-15,21-23,25H,3-9,12-13,16-20H2,1-2H3/t22-,23?,25-,30?. The van der Waals surface area contributed by atoms with Gasteiger partial charge in [-0.2, -0.15) is 8.78 Å². The van der Waals surface area contributed by atoms with Crippen molar-refractivity contribution in [2.24, 2.45) is 11.8 Å². The van der Waals surface area contributed by atoms with Crippen molar-refractivity contribution in [3.63, 3.8) is 0 Å². The normalized spacial score (nSPS) is 29.5. The molecule has 1 aliphatic carbocycles. The molecule has 168 valence electrons. The molecule has 0 nitrogen and oxygen atoms in total. The fraction of sp³-hybridized carbons (Fsp3) is 0.704. The van der Waals surface area contributed by atoms with Gasteiger partial charge in [0.2, 0.25) is 0 Å². The topological polar surface area (TPSA) is 0 Å². The van der Waals surface area contributed by atoms with E-state index in [9.17, 15) is 8.78 Å². The molecule has 2 fully saturated rings. The maximum atomic E-state index is 12.4. The fourth-order valence-corrected chi connectivity index (χ4v) is 10.0. The highest BCUT2D eigenvalue weighted by atomic mass is 28.3. The molecule has 1 saturated carbocycles. The van der Waals surface area contributed by atoms with Crippen LogP contribution in [0.15, 0.2) is 30.3 Å². The van der Waals surface area contributed by atoms with Gasteiger partial charge in [-0.05, 0) is 54.6 Å². The Morgan fingerprint density at radius 2 is 1.50 bits per heavy atom. The molecule has 0 unspecified atom stereocenters. The zero-order valence-corrected chi connectivity index (χ0v) is 20.3. The van der Waals surface area contributed by atoms with E-state index in [0.29, 0.717) is 11.5 Å². The number of hydrogen-bond donors (Lipinski definition) is 0. The van der Waals surface area contributed by atoms with Crippen LogP contribution in [0.4, 0.5) is 8.78 Å². The molecule has 0 spiro atoms. The number of rotatable bonds is 9. The summed E-state index contributed by atoms with van der Waals surface area (Å²) in [7, 11) is -0.889. The van der Waals surface area contributed by atoms with Crippen LogP contribution in [-0.4, -0.2) is 8.07 Å². The van der Waals surface area contributed by atoms with Crippen molar-refractivity contribution in [3.05, 3.63) is 41.5 Å². The van der Waals surface area contributed by atoms with Crippen LogP contribution >= 0.6 is 0 Å². The predicted octanol–water partition coefficient (Wildman–Crippen LogP) is 9.66. The molecular weight excluding hydrogens is 390 g/mol. The lowest BCUT2D eigenvalue weighted by molar-refractivity contribution is 0.279. The SMILES string of the molecule is CCCCC[Si]1(C)CCC(CC[C@H]2CC[C@H](c3ccc(C=C(F)F)cc3)CC2)CC1. The Labute approximate surface area is 184 Å². The summed E-state index contributed by atoms with van der Waals surface area (Å²) in [5.41, 5.74) is 1.94. The van der Waals surface area contributed by atoms with Crippen LogP contribution in [0.5, 0.6) is 0 Å². The van der Waals surface area contributed by atoms with Crippen molar-refractivity contribution in [1.82, 2.24) is 0 Å². The lowest BCUT2D eigenvalue weighted by Gasteiger charge is -2.37. The molecule has 0 aromatic heterocycles. The van der Waals surface area contributed by atoms with Crippen LogP contribution in [0, 0.1) is 11.8 Å². The molecule has 3 rings (SSSR count). The van der Waals surface area contributed by atoms with Gasteiger partial charge in [0.1, 0.15) is 0 Å². The Morgan fingerprint density at radius 3 is 2.07 bits per heavy atom. The first kappa shape index (κ1) is 23.7. The van der Waals surface area contributed by atoms with Gasteiger partial charge >= 0.3 is 0 Å². The fourth-order valence-electron chi connectivity index (χ4n) is 5.96. The second-order valence-corrected chi connectivity index (χ2v) is 15.7. The minimum Gasteiger partial charge on any atom is -0.173 e. The Kier molecular flexibility index (Phi) is 9.16. The van der Waals surface area contributed by atoms with Gasteiger partial charge in [-0.15, -0.1) is 0 Å². The molecule has 0 radical (unpaired) electrons. The van der Waals surface area contributed by atoms with Gasteiger partial charge in [0.15, 0.2) is 0 Å². The molecule has 30 heavy (non-hydrogen) atoms. The van der Waals surface area contributed by atoms with Gasteiger partial charge in [-0.1, -0.05) is 101 Å². The molecule has 1 aliphatic heterocycles.